The first-order chi connectivity index (χ1) is 8.15. The molecule has 0 aromatic carbocycles. The average molecular weight is 261 g/mol. The minimum Gasteiger partial charge on any atom is -0.381 e. The third-order valence-electron chi connectivity index (χ3n) is 3.32. The third kappa shape index (κ3) is 5.49. The zero-order chi connectivity index (χ0) is 12.7. The lowest BCUT2D eigenvalue weighted by Crippen LogP contribution is -2.35. The van der Waals surface area contributed by atoms with Gasteiger partial charge >= 0.3 is 0 Å². The van der Waals surface area contributed by atoms with Crippen LogP contribution in [0.15, 0.2) is 0 Å². The quantitative estimate of drug-likeness (QED) is 0.762. The van der Waals surface area contributed by atoms with Crippen molar-refractivity contribution in [2.45, 2.75) is 63.0 Å². The lowest BCUT2D eigenvalue weighted by molar-refractivity contribution is 0.0991. The number of rotatable bonds is 7. The van der Waals surface area contributed by atoms with Crippen molar-refractivity contribution in [1.82, 2.24) is 5.32 Å². The van der Waals surface area contributed by atoms with Gasteiger partial charge in [0.05, 0.1) is 0 Å². The summed E-state index contributed by atoms with van der Waals surface area (Å²) in [4.78, 5) is 0. The van der Waals surface area contributed by atoms with Crippen molar-refractivity contribution in [2.75, 3.05) is 19.8 Å². The van der Waals surface area contributed by atoms with Gasteiger partial charge in [-0.25, -0.2) is 0 Å². The molecule has 1 heterocycles. The van der Waals surface area contributed by atoms with Gasteiger partial charge in [-0.1, -0.05) is 13.8 Å². The van der Waals surface area contributed by atoms with E-state index in [1.165, 1.54) is 0 Å². The third-order valence-corrected chi connectivity index (χ3v) is 5.44. The molecule has 1 aliphatic heterocycles. The Kier molecular flexibility index (Phi) is 7.32. The van der Waals surface area contributed by atoms with Crippen LogP contribution in [0, 0.1) is 0 Å². The van der Waals surface area contributed by atoms with Crippen molar-refractivity contribution in [2.24, 2.45) is 0 Å². The Morgan fingerprint density at radius 3 is 2.59 bits per heavy atom. The van der Waals surface area contributed by atoms with Crippen molar-refractivity contribution in [1.29, 1.82) is 0 Å². The summed E-state index contributed by atoms with van der Waals surface area (Å²) in [7, 11) is -0.697. The van der Waals surface area contributed by atoms with Gasteiger partial charge in [0.1, 0.15) is 0 Å². The summed E-state index contributed by atoms with van der Waals surface area (Å²) in [6.45, 7) is 9.10. The van der Waals surface area contributed by atoms with Gasteiger partial charge in [0.15, 0.2) is 0 Å². The Hall–Kier alpha value is 0.0700. The lowest BCUT2D eigenvalue weighted by Gasteiger charge is -2.26. The van der Waals surface area contributed by atoms with E-state index in [4.69, 9.17) is 4.74 Å². The summed E-state index contributed by atoms with van der Waals surface area (Å²) in [5, 5.41) is 4.11. The van der Waals surface area contributed by atoms with Crippen LogP contribution in [0.3, 0.4) is 0 Å². The van der Waals surface area contributed by atoms with Crippen molar-refractivity contribution in [3.8, 4) is 0 Å². The molecule has 3 nitrogen and oxygen atoms in total. The molecule has 0 bridgehead atoms. The van der Waals surface area contributed by atoms with E-state index in [0.717, 1.165) is 45.4 Å². The van der Waals surface area contributed by atoms with E-state index >= 15 is 0 Å². The summed E-state index contributed by atoms with van der Waals surface area (Å²) < 4.78 is 17.7. The monoisotopic (exact) mass is 261 g/mol. The Morgan fingerprint density at radius 1 is 1.35 bits per heavy atom. The van der Waals surface area contributed by atoms with Crippen LogP contribution in [0.4, 0.5) is 0 Å². The van der Waals surface area contributed by atoms with Gasteiger partial charge in [-0.05, 0) is 39.2 Å². The molecule has 102 valence electrons. The van der Waals surface area contributed by atoms with Gasteiger partial charge in [0, 0.05) is 40.6 Å². The topological polar surface area (TPSA) is 38.3 Å². The number of hydrogen-bond acceptors (Lipinski definition) is 3. The molecule has 1 aliphatic rings. The molecule has 17 heavy (non-hydrogen) atoms. The van der Waals surface area contributed by atoms with E-state index in [2.05, 4.69) is 26.1 Å². The van der Waals surface area contributed by atoms with E-state index in [1.807, 2.05) is 0 Å². The Balaban J connectivity index is 2.29. The average Bonchev–Trinajstić information content (AvgIpc) is 2.36. The van der Waals surface area contributed by atoms with Crippen LogP contribution in [0.5, 0.6) is 0 Å². The summed E-state index contributed by atoms with van der Waals surface area (Å²) in [5.41, 5.74) is 0. The highest BCUT2D eigenvalue weighted by Gasteiger charge is 2.25. The molecule has 0 radical (unpaired) electrons. The normalized spacial score (nSPS) is 23.2. The van der Waals surface area contributed by atoms with E-state index in [-0.39, 0.29) is 5.25 Å². The van der Waals surface area contributed by atoms with Gasteiger partial charge in [0.2, 0.25) is 0 Å². The van der Waals surface area contributed by atoms with Crippen LogP contribution in [-0.2, 0) is 15.5 Å². The second kappa shape index (κ2) is 8.22. The molecule has 3 unspecified atom stereocenters. The van der Waals surface area contributed by atoms with Crippen molar-refractivity contribution in [3.05, 3.63) is 0 Å². The fourth-order valence-electron chi connectivity index (χ4n) is 2.30. The first-order valence-electron chi connectivity index (χ1n) is 6.85. The maximum atomic E-state index is 12.3. The molecule has 0 aromatic heterocycles. The number of ether oxygens (including phenoxy) is 1. The van der Waals surface area contributed by atoms with Gasteiger partial charge in [-0.15, -0.1) is 0 Å². The van der Waals surface area contributed by atoms with Crippen LogP contribution in [-0.4, -0.2) is 40.5 Å². The molecule has 0 amide bonds. The van der Waals surface area contributed by atoms with Crippen LogP contribution in [0.1, 0.15) is 46.5 Å². The molecule has 1 N–H and O–H groups in total. The van der Waals surface area contributed by atoms with Gasteiger partial charge in [-0.2, -0.15) is 0 Å². The molecular weight excluding hydrogens is 234 g/mol. The largest absolute Gasteiger partial charge is 0.381 e. The Bertz CT molecular complexity index is 229. The van der Waals surface area contributed by atoms with E-state index in [1.54, 1.807) is 0 Å². The second-order valence-electron chi connectivity index (χ2n) is 5.04. The lowest BCUT2D eigenvalue weighted by atomic mass is 10.2. The number of hydrogen-bond donors (Lipinski definition) is 1. The van der Waals surface area contributed by atoms with Crippen molar-refractivity contribution in [3.63, 3.8) is 0 Å². The maximum absolute atomic E-state index is 12.3. The van der Waals surface area contributed by atoms with Crippen LogP contribution >= 0.6 is 0 Å². The molecule has 1 rings (SSSR count). The Labute approximate surface area is 108 Å². The summed E-state index contributed by atoms with van der Waals surface area (Å²) in [6.07, 6.45) is 4.09. The molecule has 1 saturated heterocycles. The highest BCUT2D eigenvalue weighted by atomic mass is 32.2. The summed E-state index contributed by atoms with van der Waals surface area (Å²) in [6, 6.07) is 0.466. The predicted octanol–water partition coefficient (Wildman–Crippen LogP) is 2.08. The first-order valence-corrected chi connectivity index (χ1v) is 8.13. The number of nitrogens with one attached hydrogen (secondary N) is 1. The molecule has 1 fully saturated rings. The minimum atomic E-state index is -0.697. The van der Waals surface area contributed by atoms with Crippen LogP contribution in [0.2, 0.25) is 0 Å². The highest BCUT2D eigenvalue weighted by Crippen LogP contribution is 2.18. The summed E-state index contributed by atoms with van der Waals surface area (Å²) >= 11 is 0. The predicted molar refractivity (Wildman–Crippen MR) is 73.8 cm³/mol. The first kappa shape index (κ1) is 15.1. The zero-order valence-electron chi connectivity index (χ0n) is 11.4. The van der Waals surface area contributed by atoms with Crippen molar-refractivity contribution < 1.29 is 8.95 Å². The SMILES string of the molecule is CCCNC(C)CC(C)S(=O)C1CCOCC1. The molecule has 4 heteroatoms. The molecule has 0 saturated carbocycles. The molecule has 0 aliphatic carbocycles. The maximum Gasteiger partial charge on any atom is 0.0477 e. The minimum absolute atomic E-state index is 0.289. The summed E-state index contributed by atoms with van der Waals surface area (Å²) in [5.74, 6) is 0. The fourth-order valence-corrected chi connectivity index (χ4v) is 4.10. The van der Waals surface area contributed by atoms with Gasteiger partial charge in [-0.3, -0.25) is 4.21 Å². The standard InChI is InChI=1S/C13H27NO2S/c1-4-7-14-11(2)10-12(3)17(15)13-5-8-16-9-6-13/h11-14H,4-10H2,1-3H3. The Morgan fingerprint density at radius 2 is 2.00 bits per heavy atom. The van der Waals surface area contributed by atoms with Gasteiger partial charge in [0.25, 0.3) is 0 Å². The fraction of sp³-hybridized carbons (Fsp3) is 1.00. The van der Waals surface area contributed by atoms with Crippen LogP contribution < -0.4 is 5.32 Å². The highest BCUT2D eigenvalue weighted by molar-refractivity contribution is 7.86. The van der Waals surface area contributed by atoms with E-state index < -0.39 is 10.8 Å². The molecule has 3 atom stereocenters. The smallest absolute Gasteiger partial charge is 0.0477 e. The molecule has 0 aromatic rings. The van der Waals surface area contributed by atoms with E-state index in [9.17, 15) is 4.21 Å². The molecule has 0 spiro atoms. The second-order valence-corrected chi connectivity index (χ2v) is 7.17. The van der Waals surface area contributed by atoms with Gasteiger partial charge < -0.3 is 10.1 Å². The zero-order valence-corrected chi connectivity index (χ0v) is 12.2. The molecular formula is C13H27NO2S. The van der Waals surface area contributed by atoms with Crippen molar-refractivity contribution >= 4 is 10.8 Å². The van der Waals surface area contributed by atoms with Crippen LogP contribution in [0.25, 0.3) is 0 Å². The van der Waals surface area contributed by atoms with E-state index in [0.29, 0.717) is 11.3 Å².